The third-order valence-electron chi connectivity index (χ3n) is 17.8. The van der Waals surface area contributed by atoms with E-state index in [0.29, 0.717) is 25.7 Å². The van der Waals surface area contributed by atoms with E-state index < -0.39 is 97.5 Å². The minimum Gasteiger partial charge on any atom is -0.462 e. The zero-order valence-electron chi connectivity index (χ0n) is 61.3. The average molecular weight is 1380 g/mol. The molecule has 0 saturated heterocycles. The van der Waals surface area contributed by atoms with Crippen molar-refractivity contribution in [1.82, 2.24) is 0 Å². The second kappa shape index (κ2) is 66.9. The van der Waals surface area contributed by atoms with Crippen LogP contribution in [0.1, 0.15) is 388 Å². The molecule has 0 spiro atoms. The fraction of sp³-hybridized carbons (Fsp3) is 0.947. The van der Waals surface area contributed by atoms with Crippen molar-refractivity contribution in [3.05, 3.63) is 0 Å². The molecule has 17 nitrogen and oxygen atoms in total. The lowest BCUT2D eigenvalue weighted by Gasteiger charge is -2.21. The molecule has 0 aromatic rings. The van der Waals surface area contributed by atoms with Gasteiger partial charge in [-0.3, -0.25) is 37.3 Å². The van der Waals surface area contributed by atoms with Crippen molar-refractivity contribution in [1.29, 1.82) is 0 Å². The number of unbranched alkanes of at least 4 members (excludes halogenated alkanes) is 43. The zero-order valence-corrected chi connectivity index (χ0v) is 63.1. The highest BCUT2D eigenvalue weighted by atomic mass is 31.2. The Kier molecular flexibility index (Phi) is 65.5. The van der Waals surface area contributed by atoms with Gasteiger partial charge >= 0.3 is 39.5 Å². The van der Waals surface area contributed by atoms with E-state index in [4.69, 9.17) is 37.0 Å². The standard InChI is InChI=1S/C75H146O17P2/c1-7-10-12-14-15-16-17-18-26-29-36-41-47-53-59-74(79)91-70(63-85-72(77)57-51-43-13-11-8-2)65-89-93(81,82)87-61-69(76)62-88-94(83,84)90-66-71(64-86-73(78)58-52-46-40-35-32-31-34-39-45-50-56-68(6)9-3)92-75(80)60-54-48-42-37-30-27-24-22-20-19-21-23-25-28-33-38-44-49-55-67(4)5/h67-71,76H,7-66H2,1-6H3,(H,81,82)(H,83,84)/t68?,69-,70+,71+/m0/s1. The Balaban J connectivity index is 5.12. The molecule has 0 amide bonds. The van der Waals surface area contributed by atoms with Gasteiger partial charge in [0.1, 0.15) is 19.3 Å². The van der Waals surface area contributed by atoms with E-state index in [2.05, 4.69) is 41.5 Å². The molecule has 3 N–H and O–H groups in total. The van der Waals surface area contributed by atoms with Crippen LogP contribution in [0.2, 0.25) is 0 Å². The van der Waals surface area contributed by atoms with Crippen LogP contribution in [0.3, 0.4) is 0 Å². The monoisotopic (exact) mass is 1380 g/mol. The normalized spacial score (nSPS) is 14.3. The Morgan fingerprint density at radius 2 is 0.543 bits per heavy atom. The van der Waals surface area contributed by atoms with Crippen molar-refractivity contribution >= 4 is 39.5 Å². The first-order valence-corrected chi connectivity index (χ1v) is 42.0. The Morgan fingerprint density at radius 1 is 0.309 bits per heavy atom. The van der Waals surface area contributed by atoms with Crippen LogP contribution in [0.4, 0.5) is 0 Å². The van der Waals surface area contributed by atoms with Gasteiger partial charge in [0.2, 0.25) is 0 Å². The molecule has 0 aromatic heterocycles. The second-order valence-electron chi connectivity index (χ2n) is 27.8. The largest absolute Gasteiger partial charge is 0.472 e. The number of carbonyl (C=O) groups excluding carboxylic acids is 4. The highest BCUT2D eigenvalue weighted by molar-refractivity contribution is 7.47. The van der Waals surface area contributed by atoms with Crippen molar-refractivity contribution in [3.63, 3.8) is 0 Å². The minimum absolute atomic E-state index is 0.107. The predicted molar refractivity (Wildman–Crippen MR) is 381 cm³/mol. The first kappa shape index (κ1) is 92.1. The van der Waals surface area contributed by atoms with E-state index in [1.807, 2.05) is 0 Å². The van der Waals surface area contributed by atoms with Gasteiger partial charge in [0.25, 0.3) is 0 Å². The van der Waals surface area contributed by atoms with Gasteiger partial charge in [0.15, 0.2) is 12.2 Å². The molecule has 0 aliphatic carbocycles. The first-order chi connectivity index (χ1) is 45.4. The SMILES string of the molecule is CCCCCCCCCCCCCCCCC(=O)O[C@H](COC(=O)CCCCCCC)COP(=O)(O)OC[C@H](O)COP(=O)(O)OC[C@@H](COC(=O)CCCCCCCCCCCCC(C)CC)OC(=O)CCCCCCCCCCCCCCCCCCCCC(C)C. The van der Waals surface area contributed by atoms with Crippen LogP contribution in [0.5, 0.6) is 0 Å². The summed E-state index contributed by atoms with van der Waals surface area (Å²) in [7, 11) is -9.90. The second-order valence-corrected chi connectivity index (χ2v) is 30.7. The zero-order chi connectivity index (χ0) is 69.3. The molecule has 558 valence electrons. The van der Waals surface area contributed by atoms with Crippen molar-refractivity contribution < 1.29 is 80.2 Å². The molecule has 0 heterocycles. The smallest absolute Gasteiger partial charge is 0.462 e. The Bertz CT molecular complexity index is 1820. The molecule has 0 aliphatic heterocycles. The van der Waals surface area contributed by atoms with Gasteiger partial charge in [-0.25, -0.2) is 9.13 Å². The number of hydrogen-bond acceptors (Lipinski definition) is 15. The fourth-order valence-corrected chi connectivity index (χ4v) is 13.0. The van der Waals surface area contributed by atoms with E-state index in [1.165, 1.54) is 199 Å². The minimum atomic E-state index is -4.95. The molecule has 0 saturated carbocycles. The number of esters is 4. The molecule has 0 bridgehead atoms. The summed E-state index contributed by atoms with van der Waals surface area (Å²) in [6, 6.07) is 0. The summed E-state index contributed by atoms with van der Waals surface area (Å²) in [5.41, 5.74) is 0. The van der Waals surface area contributed by atoms with Crippen LogP contribution in [0.15, 0.2) is 0 Å². The molecule has 0 aromatic carbocycles. The van der Waals surface area contributed by atoms with Gasteiger partial charge in [0.05, 0.1) is 26.4 Å². The van der Waals surface area contributed by atoms with E-state index >= 15 is 0 Å². The number of hydrogen-bond donors (Lipinski definition) is 3. The number of ether oxygens (including phenoxy) is 4. The Hall–Kier alpha value is -1.94. The van der Waals surface area contributed by atoms with Crippen molar-refractivity contribution in [2.45, 2.75) is 407 Å². The molecule has 3 unspecified atom stereocenters. The fourth-order valence-electron chi connectivity index (χ4n) is 11.4. The third kappa shape index (κ3) is 67.3. The van der Waals surface area contributed by atoms with Crippen LogP contribution < -0.4 is 0 Å². The molecule has 19 heteroatoms. The van der Waals surface area contributed by atoms with E-state index in [-0.39, 0.29) is 25.7 Å². The topological polar surface area (TPSA) is 237 Å². The Morgan fingerprint density at radius 3 is 0.809 bits per heavy atom. The molecular formula is C75H146O17P2. The van der Waals surface area contributed by atoms with E-state index in [0.717, 1.165) is 108 Å². The van der Waals surface area contributed by atoms with Crippen LogP contribution >= 0.6 is 15.6 Å². The molecular weight excluding hydrogens is 1230 g/mol. The summed E-state index contributed by atoms with van der Waals surface area (Å²) < 4.78 is 68.3. The molecule has 0 rings (SSSR count). The molecule has 0 fully saturated rings. The molecule has 0 aliphatic rings. The number of rotatable bonds is 74. The molecule has 94 heavy (non-hydrogen) atoms. The third-order valence-corrected chi connectivity index (χ3v) is 19.7. The summed E-state index contributed by atoms with van der Waals surface area (Å²) in [6.07, 6.45) is 54.5. The van der Waals surface area contributed by atoms with Gasteiger partial charge in [-0.15, -0.1) is 0 Å². The lowest BCUT2D eigenvalue weighted by molar-refractivity contribution is -0.161. The highest BCUT2D eigenvalue weighted by Crippen LogP contribution is 2.45. The number of phosphoric ester groups is 2. The summed E-state index contributed by atoms with van der Waals surface area (Å²) >= 11 is 0. The average Bonchev–Trinajstić information content (AvgIpc) is 2.07. The van der Waals surface area contributed by atoms with Crippen LogP contribution in [-0.4, -0.2) is 96.7 Å². The van der Waals surface area contributed by atoms with E-state index in [9.17, 15) is 43.2 Å². The van der Waals surface area contributed by atoms with Crippen molar-refractivity contribution in [2.75, 3.05) is 39.6 Å². The number of phosphoric acid groups is 2. The number of aliphatic hydroxyl groups excluding tert-OH is 1. The number of carbonyl (C=O) groups is 4. The lowest BCUT2D eigenvalue weighted by Crippen LogP contribution is -2.30. The van der Waals surface area contributed by atoms with Gasteiger partial charge in [-0.05, 0) is 37.5 Å². The summed E-state index contributed by atoms with van der Waals surface area (Å²) in [5, 5.41) is 10.6. The highest BCUT2D eigenvalue weighted by Gasteiger charge is 2.30. The maximum absolute atomic E-state index is 13.1. The van der Waals surface area contributed by atoms with Gasteiger partial charge in [-0.2, -0.15) is 0 Å². The van der Waals surface area contributed by atoms with Crippen molar-refractivity contribution in [2.24, 2.45) is 11.8 Å². The van der Waals surface area contributed by atoms with Gasteiger partial charge in [-0.1, -0.05) is 337 Å². The van der Waals surface area contributed by atoms with Crippen LogP contribution in [-0.2, 0) is 65.4 Å². The number of aliphatic hydroxyl groups is 1. The predicted octanol–water partition coefficient (Wildman–Crippen LogP) is 21.9. The summed E-state index contributed by atoms with van der Waals surface area (Å²) in [6.45, 7) is 9.57. The van der Waals surface area contributed by atoms with E-state index in [1.54, 1.807) is 0 Å². The lowest BCUT2D eigenvalue weighted by atomic mass is 9.99. The molecule has 6 atom stereocenters. The quantitative estimate of drug-likeness (QED) is 0.0222. The Labute approximate surface area is 575 Å². The van der Waals surface area contributed by atoms with Gasteiger partial charge in [0, 0.05) is 25.7 Å². The van der Waals surface area contributed by atoms with Crippen molar-refractivity contribution in [3.8, 4) is 0 Å². The summed E-state index contributed by atoms with van der Waals surface area (Å²) in [4.78, 5) is 72.5. The van der Waals surface area contributed by atoms with Gasteiger partial charge < -0.3 is 33.8 Å². The van der Waals surface area contributed by atoms with Crippen LogP contribution in [0, 0.1) is 11.8 Å². The molecule has 0 radical (unpaired) electrons. The maximum Gasteiger partial charge on any atom is 0.472 e. The maximum atomic E-state index is 13.1. The summed E-state index contributed by atoms with van der Waals surface area (Å²) in [5.74, 6) is -0.498. The van der Waals surface area contributed by atoms with Crippen LogP contribution in [0.25, 0.3) is 0 Å². The first-order valence-electron chi connectivity index (χ1n) is 39.0.